The quantitative estimate of drug-likeness (QED) is 0.376. The first-order valence-electron chi connectivity index (χ1n) is 0.775. The molecule has 0 unspecified atom stereocenters. The summed E-state index contributed by atoms with van der Waals surface area (Å²) in [6, 6.07) is 0. The van der Waals surface area contributed by atoms with Gasteiger partial charge in [0.25, 0.3) is 0 Å². The second-order valence-electron chi connectivity index (χ2n) is 0.346. The monoisotopic (exact) mass is 219 g/mol. The van der Waals surface area contributed by atoms with Gasteiger partial charge in [-0.1, -0.05) is 0 Å². The van der Waals surface area contributed by atoms with Crippen molar-refractivity contribution in [2.24, 2.45) is 0 Å². The van der Waals surface area contributed by atoms with Crippen LogP contribution in [0, 0.1) is 0 Å². The Bertz CT molecular complexity index is 19.7. The summed E-state index contributed by atoms with van der Waals surface area (Å²) in [6.07, 6.45) is 0. The zero-order valence-electron chi connectivity index (χ0n) is 2.93. The van der Waals surface area contributed by atoms with Crippen LogP contribution in [0.1, 0.15) is 0 Å². The molecule has 0 aromatic carbocycles. The van der Waals surface area contributed by atoms with Gasteiger partial charge in [-0.2, -0.15) is 0 Å². The van der Waals surface area contributed by atoms with Crippen molar-refractivity contribution < 1.29 is 51.6 Å². The van der Waals surface area contributed by atoms with Gasteiger partial charge < -0.3 is 15.1 Å². The Morgan fingerprint density at radius 1 is 1.00 bits per heavy atom. The molecule has 7 heavy (non-hydrogen) atoms. The van der Waals surface area contributed by atoms with E-state index in [1.807, 2.05) is 0 Å². The van der Waals surface area contributed by atoms with Crippen LogP contribution >= 0.6 is 0 Å². The molecule has 3 nitrogen and oxygen atoms in total. The van der Waals surface area contributed by atoms with Crippen LogP contribution in [0.15, 0.2) is 0 Å². The smallest absolute Gasteiger partial charge is 0.402 e. The normalized spacial score (nSPS) is 3.86. The minimum absolute atomic E-state index is 0. The average molecular weight is 221 g/mol. The van der Waals surface area contributed by atoms with Crippen molar-refractivity contribution in [1.29, 1.82) is 0 Å². The predicted molar refractivity (Wildman–Crippen MR) is 22.3 cm³/mol. The molecule has 0 aliphatic carbocycles. The molecule has 1 radical (unpaired) electrons. The molecule has 0 aliphatic heterocycles. The van der Waals surface area contributed by atoms with Gasteiger partial charge in [-0.05, 0) is 0 Å². The van der Waals surface area contributed by atoms with Gasteiger partial charge in [0, 0.05) is 36.5 Å². The van der Waals surface area contributed by atoms with Gasteiger partial charge in [0.2, 0.25) is 0 Å². The van der Waals surface area contributed by atoms with E-state index in [9.17, 15) is 0 Å². The molecule has 7 heteroatoms. The third kappa shape index (κ3) is 91.7. The zero-order valence-corrected chi connectivity index (χ0v) is 6.84. The molecule has 43 valence electrons. The Hall–Kier alpha value is 1.62. The molecule has 0 saturated heterocycles. The van der Waals surface area contributed by atoms with Gasteiger partial charge in [-0.25, -0.2) is 0 Å². The third-order valence-corrected chi connectivity index (χ3v) is 0. The molecule has 0 atom stereocenters. The summed E-state index contributed by atoms with van der Waals surface area (Å²) in [7, 11) is -2.17. The summed E-state index contributed by atoms with van der Waals surface area (Å²) in [4.78, 5) is 0. The van der Waals surface area contributed by atoms with Crippen LogP contribution in [-0.4, -0.2) is 39.8 Å². The van der Waals surface area contributed by atoms with Crippen LogP contribution in [-0.2, 0) is 36.5 Å². The van der Waals surface area contributed by atoms with Gasteiger partial charge in [0.1, 0.15) is 0 Å². The fourth-order valence-corrected chi connectivity index (χ4v) is 0. The van der Waals surface area contributed by atoms with E-state index in [2.05, 4.69) is 0 Å². The van der Waals surface area contributed by atoms with E-state index >= 15 is 0 Å². The van der Waals surface area contributed by atoms with Gasteiger partial charge in [-0.3, -0.25) is 0 Å². The first-order valence-corrected chi connectivity index (χ1v) is 0.775. The maximum Gasteiger partial charge on any atom is 0.631 e. The van der Waals surface area contributed by atoms with E-state index in [0.717, 1.165) is 0 Å². The van der Waals surface area contributed by atoms with Crippen LogP contribution < -0.4 is 0 Å². The first-order chi connectivity index (χ1) is 1.73. The Kier molecular flexibility index (Phi) is 52.4. The maximum atomic E-state index is 7.17. The van der Waals surface area contributed by atoms with E-state index < -0.39 is 7.32 Å². The van der Waals surface area contributed by atoms with Crippen LogP contribution in [0.2, 0.25) is 0 Å². The van der Waals surface area contributed by atoms with Crippen molar-refractivity contribution in [3.8, 4) is 0 Å². The standard InChI is InChI=1S/Al.BH3O3.Cu.Zn.3H/c;2-1(3)4;;;;;/h;2-4H;;;;;. The molecule has 0 amide bonds. The summed E-state index contributed by atoms with van der Waals surface area (Å²) in [5.74, 6) is 0. The number of rotatable bonds is 0. The largest absolute Gasteiger partial charge is 0.631 e. The zero-order chi connectivity index (χ0) is 3.58. The van der Waals surface area contributed by atoms with Gasteiger partial charge in [0.15, 0.2) is 17.4 Å². The van der Waals surface area contributed by atoms with Crippen molar-refractivity contribution >= 4 is 24.7 Å². The summed E-state index contributed by atoms with van der Waals surface area (Å²) < 4.78 is 0. The molecule has 0 aromatic rings. The van der Waals surface area contributed by atoms with Crippen molar-refractivity contribution in [2.45, 2.75) is 0 Å². The third-order valence-electron chi connectivity index (χ3n) is 0. The van der Waals surface area contributed by atoms with Gasteiger partial charge in [-0.15, -0.1) is 0 Å². The summed E-state index contributed by atoms with van der Waals surface area (Å²) in [5.41, 5.74) is 0. The van der Waals surface area contributed by atoms with Gasteiger partial charge >= 0.3 is 7.32 Å². The second kappa shape index (κ2) is 15.6. The fraction of sp³-hybridized carbons (Fsp3) is 0. The second-order valence-corrected chi connectivity index (χ2v) is 0.346. The Morgan fingerprint density at radius 3 is 1.00 bits per heavy atom. The molecule has 0 aromatic heterocycles. The summed E-state index contributed by atoms with van der Waals surface area (Å²) in [6.45, 7) is 0. The van der Waals surface area contributed by atoms with Crippen molar-refractivity contribution in [1.82, 2.24) is 0 Å². The molecule has 0 rings (SSSR count). The van der Waals surface area contributed by atoms with E-state index in [-0.39, 0.29) is 53.9 Å². The van der Waals surface area contributed by atoms with E-state index in [1.165, 1.54) is 0 Å². The summed E-state index contributed by atoms with van der Waals surface area (Å²) in [5, 5.41) is 21.5. The van der Waals surface area contributed by atoms with Crippen molar-refractivity contribution in [3.05, 3.63) is 0 Å². The molecule has 0 fully saturated rings. The maximum absolute atomic E-state index is 7.17. The predicted octanol–water partition coefficient (Wildman–Crippen LogP) is -3.24. The SMILES string of the molecule is OB(O)O.[AlH3].[Cu].[Zn]. The minimum atomic E-state index is -2.17. The Morgan fingerprint density at radius 2 is 1.00 bits per heavy atom. The average Bonchev–Trinajstić information content (AvgIpc) is 0.811. The topological polar surface area (TPSA) is 60.7 Å². The first kappa shape index (κ1) is 23.4. The molecule has 0 aliphatic rings. The molecule has 0 spiro atoms. The molecule has 0 heterocycles. The Balaban J connectivity index is -0.0000000150. The van der Waals surface area contributed by atoms with Crippen LogP contribution in [0.5, 0.6) is 0 Å². The van der Waals surface area contributed by atoms with E-state index in [4.69, 9.17) is 15.1 Å². The molecule has 0 saturated carbocycles. The molecular weight excluding hydrogens is 215 g/mol. The van der Waals surface area contributed by atoms with Crippen LogP contribution in [0.25, 0.3) is 0 Å². The fourth-order valence-electron chi connectivity index (χ4n) is 0. The van der Waals surface area contributed by atoms with Crippen LogP contribution in [0.4, 0.5) is 0 Å². The van der Waals surface area contributed by atoms with Crippen molar-refractivity contribution in [3.63, 3.8) is 0 Å². The minimum Gasteiger partial charge on any atom is -0.402 e. The van der Waals surface area contributed by atoms with E-state index in [0.29, 0.717) is 0 Å². The van der Waals surface area contributed by atoms with Gasteiger partial charge in [0.05, 0.1) is 0 Å². The van der Waals surface area contributed by atoms with E-state index in [1.54, 1.807) is 0 Å². The van der Waals surface area contributed by atoms with Crippen LogP contribution in [0.3, 0.4) is 0 Å². The Labute approximate surface area is 76.0 Å². The van der Waals surface area contributed by atoms with Crippen molar-refractivity contribution in [2.75, 3.05) is 0 Å². The number of hydrogen-bond acceptors (Lipinski definition) is 3. The molecule has 0 bridgehead atoms. The molecule has 3 N–H and O–H groups in total. The molecular formula is H6AlBCuO3Zn. The summed E-state index contributed by atoms with van der Waals surface area (Å²) >= 11 is 0. The number of hydrogen-bond donors (Lipinski definition) is 3.